The van der Waals surface area contributed by atoms with Crippen molar-refractivity contribution in [3.8, 4) is 5.75 Å². The van der Waals surface area contributed by atoms with Gasteiger partial charge in [-0.3, -0.25) is 0 Å². The van der Waals surface area contributed by atoms with Crippen LogP contribution in [0.5, 0.6) is 5.75 Å². The van der Waals surface area contributed by atoms with E-state index in [4.69, 9.17) is 15.2 Å². The molecule has 0 radical (unpaired) electrons. The summed E-state index contributed by atoms with van der Waals surface area (Å²) >= 11 is 2.00. The number of nitrogens with two attached hydrogens (primary N) is 1. The quantitative estimate of drug-likeness (QED) is 0.845. The monoisotopic (exact) mass is 279 g/mol. The first-order valence-electron chi connectivity index (χ1n) is 6.91. The van der Waals surface area contributed by atoms with Gasteiger partial charge in [0, 0.05) is 24.3 Å². The molecule has 0 aromatic heterocycles. The first-order chi connectivity index (χ1) is 9.17. The molecule has 4 heteroatoms. The van der Waals surface area contributed by atoms with E-state index < -0.39 is 0 Å². The third-order valence-electron chi connectivity index (χ3n) is 4.01. The number of benzene rings is 1. The van der Waals surface area contributed by atoms with Crippen LogP contribution in [0.1, 0.15) is 24.8 Å². The fourth-order valence-electron chi connectivity index (χ4n) is 2.93. The van der Waals surface area contributed by atoms with Crippen molar-refractivity contribution in [2.24, 2.45) is 0 Å². The van der Waals surface area contributed by atoms with Crippen molar-refractivity contribution in [1.82, 2.24) is 0 Å². The molecule has 2 aliphatic heterocycles. The van der Waals surface area contributed by atoms with Gasteiger partial charge in [-0.15, -0.1) is 0 Å². The molecular formula is C15H21NO2S. The second-order valence-electron chi connectivity index (χ2n) is 5.59. The molecule has 0 aliphatic carbocycles. The summed E-state index contributed by atoms with van der Waals surface area (Å²) in [6.45, 7) is 2.87. The molecular weight excluding hydrogens is 258 g/mol. The van der Waals surface area contributed by atoms with E-state index in [1.165, 1.54) is 5.75 Å². The number of anilines is 1. The second-order valence-corrected chi connectivity index (χ2v) is 6.70. The van der Waals surface area contributed by atoms with E-state index in [2.05, 4.69) is 0 Å². The Hall–Kier alpha value is -0.870. The Labute approximate surface area is 118 Å². The zero-order valence-electron chi connectivity index (χ0n) is 11.4. The summed E-state index contributed by atoms with van der Waals surface area (Å²) in [4.78, 5) is 0. The third kappa shape index (κ3) is 2.84. The molecule has 0 bridgehead atoms. The molecule has 1 aromatic rings. The van der Waals surface area contributed by atoms with Crippen molar-refractivity contribution >= 4 is 17.4 Å². The highest BCUT2D eigenvalue weighted by Crippen LogP contribution is 2.39. The molecule has 2 aliphatic rings. The Morgan fingerprint density at radius 2 is 2.37 bits per heavy atom. The molecule has 2 unspecified atom stereocenters. The molecule has 19 heavy (non-hydrogen) atoms. The molecule has 2 atom stereocenters. The van der Waals surface area contributed by atoms with E-state index >= 15 is 0 Å². The van der Waals surface area contributed by atoms with Gasteiger partial charge >= 0.3 is 0 Å². The predicted molar refractivity (Wildman–Crippen MR) is 79.9 cm³/mol. The molecule has 2 N–H and O–H groups in total. The van der Waals surface area contributed by atoms with Gasteiger partial charge in [0.1, 0.15) is 11.9 Å². The number of hydrogen-bond acceptors (Lipinski definition) is 4. The summed E-state index contributed by atoms with van der Waals surface area (Å²) < 4.78 is 12.2. The fraction of sp³-hybridized carbons (Fsp3) is 0.600. The summed E-state index contributed by atoms with van der Waals surface area (Å²) in [7, 11) is 0. The number of rotatable bonds is 2. The van der Waals surface area contributed by atoms with Crippen LogP contribution in [0.15, 0.2) is 18.2 Å². The van der Waals surface area contributed by atoms with E-state index in [9.17, 15) is 0 Å². The zero-order chi connectivity index (χ0) is 13.3. The van der Waals surface area contributed by atoms with Crippen molar-refractivity contribution < 1.29 is 9.47 Å². The summed E-state index contributed by atoms with van der Waals surface area (Å²) in [6.07, 6.45) is 3.44. The highest BCUT2D eigenvalue weighted by molar-refractivity contribution is 7.99. The fourth-order valence-corrected chi connectivity index (χ4v) is 4.31. The van der Waals surface area contributed by atoms with E-state index in [-0.39, 0.29) is 11.7 Å². The highest BCUT2D eigenvalue weighted by Gasteiger charge is 2.41. The van der Waals surface area contributed by atoms with E-state index in [0.717, 1.165) is 48.6 Å². The van der Waals surface area contributed by atoms with Crippen LogP contribution in [0.2, 0.25) is 0 Å². The standard InChI is InChI=1S/C15H21NO2S/c1-11-8-12(16)2-3-14(11)18-13-4-6-17-15(9-13)5-7-19-10-15/h2-3,8,13H,4-7,9-10,16H2,1H3. The lowest BCUT2D eigenvalue weighted by atomic mass is 9.91. The Morgan fingerprint density at radius 1 is 1.47 bits per heavy atom. The lowest BCUT2D eigenvalue weighted by Crippen LogP contribution is -2.43. The van der Waals surface area contributed by atoms with Crippen LogP contribution in [0, 0.1) is 6.92 Å². The van der Waals surface area contributed by atoms with Gasteiger partial charge in [0.15, 0.2) is 0 Å². The molecule has 104 valence electrons. The molecule has 2 heterocycles. The maximum atomic E-state index is 6.18. The van der Waals surface area contributed by atoms with Gasteiger partial charge in [0.2, 0.25) is 0 Å². The van der Waals surface area contributed by atoms with Gasteiger partial charge < -0.3 is 15.2 Å². The lowest BCUT2D eigenvalue weighted by molar-refractivity contribution is -0.0959. The molecule has 3 nitrogen and oxygen atoms in total. The summed E-state index contributed by atoms with van der Waals surface area (Å²) in [5, 5.41) is 0. The van der Waals surface area contributed by atoms with Crippen LogP contribution < -0.4 is 10.5 Å². The second kappa shape index (κ2) is 5.25. The maximum absolute atomic E-state index is 6.18. The Bertz CT molecular complexity index is 457. The first-order valence-corrected chi connectivity index (χ1v) is 8.07. The average Bonchev–Trinajstić information content (AvgIpc) is 2.81. The van der Waals surface area contributed by atoms with Crippen molar-refractivity contribution in [2.45, 2.75) is 37.9 Å². The zero-order valence-corrected chi connectivity index (χ0v) is 12.2. The average molecular weight is 279 g/mol. The third-order valence-corrected chi connectivity index (χ3v) is 5.23. The van der Waals surface area contributed by atoms with Crippen LogP contribution in [-0.4, -0.2) is 29.8 Å². The van der Waals surface area contributed by atoms with Crippen LogP contribution in [0.25, 0.3) is 0 Å². The van der Waals surface area contributed by atoms with Crippen molar-refractivity contribution in [1.29, 1.82) is 0 Å². The number of nitrogen functional groups attached to an aromatic ring is 1. The molecule has 0 saturated carbocycles. The SMILES string of the molecule is Cc1cc(N)ccc1OC1CCOC2(CCSC2)C1. The van der Waals surface area contributed by atoms with Gasteiger partial charge in [0.25, 0.3) is 0 Å². The van der Waals surface area contributed by atoms with Crippen molar-refractivity contribution in [3.63, 3.8) is 0 Å². The number of hydrogen-bond donors (Lipinski definition) is 1. The maximum Gasteiger partial charge on any atom is 0.122 e. The lowest BCUT2D eigenvalue weighted by Gasteiger charge is -2.37. The summed E-state index contributed by atoms with van der Waals surface area (Å²) in [6, 6.07) is 5.86. The van der Waals surface area contributed by atoms with Crippen molar-refractivity contribution in [2.75, 3.05) is 23.8 Å². The topological polar surface area (TPSA) is 44.5 Å². The number of aryl methyl sites for hydroxylation is 1. The van der Waals surface area contributed by atoms with E-state index in [1.54, 1.807) is 0 Å². The molecule has 2 fully saturated rings. The molecule has 1 spiro atoms. The van der Waals surface area contributed by atoms with Gasteiger partial charge in [-0.2, -0.15) is 11.8 Å². The minimum Gasteiger partial charge on any atom is -0.490 e. The molecule has 0 amide bonds. The molecule has 2 saturated heterocycles. The number of thioether (sulfide) groups is 1. The predicted octanol–water partition coefficient (Wildman–Crippen LogP) is 3.01. The molecule has 3 rings (SSSR count). The van der Waals surface area contributed by atoms with Crippen LogP contribution in [-0.2, 0) is 4.74 Å². The minimum absolute atomic E-state index is 0.0787. The van der Waals surface area contributed by atoms with Crippen LogP contribution in [0.3, 0.4) is 0 Å². The van der Waals surface area contributed by atoms with E-state index in [0.29, 0.717) is 0 Å². The Kier molecular flexibility index (Phi) is 3.63. The normalized spacial score (nSPS) is 30.7. The highest BCUT2D eigenvalue weighted by atomic mass is 32.2. The van der Waals surface area contributed by atoms with Gasteiger partial charge in [-0.25, -0.2) is 0 Å². The van der Waals surface area contributed by atoms with E-state index in [1.807, 2.05) is 36.9 Å². The van der Waals surface area contributed by atoms with Gasteiger partial charge in [-0.1, -0.05) is 0 Å². The smallest absolute Gasteiger partial charge is 0.122 e. The van der Waals surface area contributed by atoms with Gasteiger partial charge in [-0.05, 0) is 42.9 Å². The summed E-state index contributed by atoms with van der Waals surface area (Å²) in [5.74, 6) is 3.29. The van der Waals surface area contributed by atoms with Gasteiger partial charge in [0.05, 0.1) is 12.2 Å². The van der Waals surface area contributed by atoms with Crippen LogP contribution in [0.4, 0.5) is 5.69 Å². The summed E-state index contributed by atoms with van der Waals surface area (Å²) in [5.41, 5.74) is 7.76. The Morgan fingerprint density at radius 3 is 3.11 bits per heavy atom. The molecule has 1 aromatic carbocycles. The first kappa shape index (κ1) is 13.1. The van der Waals surface area contributed by atoms with Crippen LogP contribution >= 0.6 is 11.8 Å². The van der Waals surface area contributed by atoms with Crippen molar-refractivity contribution in [3.05, 3.63) is 23.8 Å². The minimum atomic E-state index is 0.0787. The number of ether oxygens (including phenoxy) is 2. The Balaban J connectivity index is 1.69. The largest absolute Gasteiger partial charge is 0.490 e.